The van der Waals surface area contributed by atoms with E-state index < -0.39 is 0 Å². The summed E-state index contributed by atoms with van der Waals surface area (Å²) < 4.78 is 0. The number of allylic oxidation sites excluding steroid dienone is 8. The largest absolute Gasteiger partial charge is 0.192 e. The van der Waals surface area contributed by atoms with Crippen molar-refractivity contribution in [1.29, 1.82) is 21.0 Å². The molecule has 0 saturated carbocycles. The fraction of sp³-hybridized carbons (Fsp3) is 0.407. The highest BCUT2D eigenvalue weighted by Gasteiger charge is 2.26. The van der Waals surface area contributed by atoms with Crippen LogP contribution in [0.15, 0.2) is 70.8 Å². The van der Waals surface area contributed by atoms with E-state index in [1.807, 2.05) is 56.7 Å². The van der Waals surface area contributed by atoms with E-state index in [0.29, 0.717) is 0 Å². The van der Waals surface area contributed by atoms with Crippen molar-refractivity contribution in [2.75, 3.05) is 0 Å². The van der Waals surface area contributed by atoms with Crippen LogP contribution in [0.1, 0.15) is 150 Å². The quantitative estimate of drug-likeness (QED) is 0.0818. The first-order valence-corrected chi connectivity index (χ1v) is 27.1. The summed E-state index contributed by atoms with van der Waals surface area (Å²) in [4.78, 5) is 13.6. The molecule has 0 radical (unpaired) electrons. The summed E-state index contributed by atoms with van der Waals surface area (Å²) in [6, 6.07) is 22.5. The SMILES string of the molecule is CCCCc1c(-c2ccc(C3=CC(=C(C#N)C#N)CCC3)s2)sc(-c2ccc(-c3sc(-c4ccc(C5=CC(=C(C#N)C#N)CCC5)s4)c(CCCC)c3CCCC)s2)c1CCCC. The molecule has 5 aromatic heterocycles. The standard InChI is InChI=1S/C54H56N4S5/c1-5-9-19-41-43(21-11-7-3)53(62-51(41)47-25-23-45(59-47)37-17-13-15-35(29-37)39(31-55)32-56)49-27-28-50(61-49)54-44(22-12-8-4)42(20-10-6-2)52(63-54)48-26-24-46(60-48)38-18-14-16-36(30-38)40(33-57)34-58/h23-30H,5-22H2,1-4H3. The van der Waals surface area contributed by atoms with E-state index in [0.717, 1.165) is 101 Å². The molecule has 5 aromatic rings. The molecule has 0 aliphatic heterocycles. The zero-order valence-corrected chi connectivity index (χ0v) is 41.3. The van der Waals surface area contributed by atoms with E-state index >= 15 is 0 Å². The minimum atomic E-state index is 0.243. The lowest BCUT2D eigenvalue weighted by atomic mass is 9.92. The third-order valence-electron chi connectivity index (χ3n) is 12.3. The number of thiophene rings is 5. The summed E-state index contributed by atoms with van der Waals surface area (Å²) in [5.74, 6) is 0. The molecule has 63 heavy (non-hydrogen) atoms. The van der Waals surface area contributed by atoms with Crippen LogP contribution in [0.2, 0.25) is 0 Å². The number of rotatable bonds is 18. The average molecular weight is 921 g/mol. The average Bonchev–Trinajstić information content (AvgIpc) is 4.17. The van der Waals surface area contributed by atoms with Gasteiger partial charge in [-0.25, -0.2) is 0 Å². The fourth-order valence-electron chi connectivity index (χ4n) is 8.88. The van der Waals surface area contributed by atoms with E-state index in [9.17, 15) is 21.0 Å². The van der Waals surface area contributed by atoms with Crippen molar-refractivity contribution in [1.82, 2.24) is 0 Å². The lowest BCUT2D eigenvalue weighted by Gasteiger charge is -2.14. The molecular formula is C54H56N4S5. The molecule has 0 bridgehead atoms. The molecule has 5 heterocycles. The lowest BCUT2D eigenvalue weighted by Crippen LogP contribution is -1.96. The first-order chi connectivity index (χ1) is 30.9. The molecule has 2 aliphatic rings. The summed E-state index contributed by atoms with van der Waals surface area (Å²) >= 11 is 9.72. The van der Waals surface area contributed by atoms with Crippen LogP contribution in [-0.4, -0.2) is 0 Å². The van der Waals surface area contributed by atoms with E-state index in [-0.39, 0.29) is 11.1 Å². The third-order valence-corrected chi connectivity index (χ3v) is 18.9. The first-order valence-electron chi connectivity index (χ1n) is 23.0. The number of hydrogen-bond acceptors (Lipinski definition) is 9. The Kier molecular flexibility index (Phi) is 16.5. The molecule has 322 valence electrons. The molecule has 0 amide bonds. The molecule has 0 fully saturated rings. The van der Waals surface area contributed by atoms with Crippen LogP contribution >= 0.6 is 56.7 Å². The third kappa shape index (κ3) is 10.4. The minimum Gasteiger partial charge on any atom is -0.192 e. The van der Waals surface area contributed by atoms with E-state index in [1.54, 1.807) is 11.1 Å². The van der Waals surface area contributed by atoms with Crippen molar-refractivity contribution in [3.8, 4) is 63.3 Å². The minimum absolute atomic E-state index is 0.243. The number of nitriles is 4. The Balaban J connectivity index is 1.30. The van der Waals surface area contributed by atoms with Crippen LogP contribution in [0.3, 0.4) is 0 Å². The maximum absolute atomic E-state index is 9.58. The number of hydrogen-bond donors (Lipinski definition) is 0. The monoisotopic (exact) mass is 920 g/mol. The van der Waals surface area contributed by atoms with Gasteiger partial charge in [0.1, 0.15) is 35.4 Å². The summed E-state index contributed by atoms with van der Waals surface area (Å²) in [5.41, 5.74) is 10.9. The molecular weight excluding hydrogens is 865 g/mol. The molecule has 0 saturated heterocycles. The van der Waals surface area contributed by atoms with Crippen LogP contribution in [0.5, 0.6) is 0 Å². The van der Waals surface area contributed by atoms with E-state index in [1.165, 1.54) is 96.7 Å². The van der Waals surface area contributed by atoms with E-state index in [2.05, 4.69) is 101 Å². The van der Waals surface area contributed by atoms with Gasteiger partial charge in [-0.05, 0) is 171 Å². The molecule has 0 aromatic carbocycles. The van der Waals surface area contributed by atoms with Crippen molar-refractivity contribution < 1.29 is 0 Å². The van der Waals surface area contributed by atoms with Gasteiger partial charge in [0.15, 0.2) is 0 Å². The van der Waals surface area contributed by atoms with E-state index in [4.69, 9.17) is 0 Å². The second-order valence-electron chi connectivity index (χ2n) is 16.6. The Labute approximate surface area is 395 Å². The zero-order chi connectivity index (χ0) is 44.3. The normalized spacial score (nSPS) is 13.8. The van der Waals surface area contributed by atoms with Crippen molar-refractivity contribution in [3.05, 3.63) is 103 Å². The van der Waals surface area contributed by atoms with Gasteiger partial charge in [-0.3, -0.25) is 0 Å². The topological polar surface area (TPSA) is 95.2 Å². The summed E-state index contributed by atoms with van der Waals surface area (Å²) in [7, 11) is 0. The van der Waals surface area contributed by atoms with Gasteiger partial charge < -0.3 is 0 Å². The van der Waals surface area contributed by atoms with Gasteiger partial charge in [0.25, 0.3) is 0 Å². The first kappa shape index (κ1) is 46.4. The number of nitrogens with zero attached hydrogens (tertiary/aromatic N) is 4. The second-order valence-corrected chi connectivity index (χ2v) is 21.9. The Morgan fingerprint density at radius 3 is 0.984 bits per heavy atom. The van der Waals surface area contributed by atoms with Crippen molar-refractivity contribution in [2.45, 2.75) is 143 Å². The summed E-state index contributed by atoms with van der Waals surface area (Å²) in [6.07, 6.45) is 23.3. The Bertz CT molecular complexity index is 2520. The second kappa shape index (κ2) is 22.4. The summed E-state index contributed by atoms with van der Waals surface area (Å²) in [5, 5.41) is 38.3. The predicted molar refractivity (Wildman–Crippen MR) is 272 cm³/mol. The van der Waals surface area contributed by atoms with Crippen molar-refractivity contribution in [2.24, 2.45) is 0 Å². The molecule has 4 nitrogen and oxygen atoms in total. The Morgan fingerprint density at radius 1 is 0.413 bits per heavy atom. The lowest BCUT2D eigenvalue weighted by molar-refractivity contribution is 0.764. The molecule has 0 unspecified atom stereocenters. The number of unbranched alkanes of at least 4 members (excludes halogenated alkanes) is 4. The van der Waals surface area contributed by atoms with Crippen LogP contribution in [0, 0.1) is 45.3 Å². The maximum atomic E-state index is 9.58. The zero-order valence-electron chi connectivity index (χ0n) is 37.2. The molecule has 2 aliphatic carbocycles. The van der Waals surface area contributed by atoms with Crippen LogP contribution < -0.4 is 0 Å². The summed E-state index contributed by atoms with van der Waals surface area (Å²) in [6.45, 7) is 9.20. The van der Waals surface area contributed by atoms with Crippen LogP contribution in [0.4, 0.5) is 0 Å². The highest BCUT2D eigenvalue weighted by atomic mass is 32.1. The molecule has 9 heteroatoms. The predicted octanol–water partition coefficient (Wildman–Crippen LogP) is 17.9. The molecule has 0 spiro atoms. The van der Waals surface area contributed by atoms with Gasteiger partial charge in [-0.15, -0.1) is 56.7 Å². The van der Waals surface area contributed by atoms with Gasteiger partial charge >= 0.3 is 0 Å². The van der Waals surface area contributed by atoms with Gasteiger partial charge in [0, 0.05) is 48.8 Å². The molecule has 0 atom stereocenters. The van der Waals surface area contributed by atoms with Gasteiger partial charge in [-0.1, -0.05) is 65.5 Å². The van der Waals surface area contributed by atoms with Gasteiger partial charge in [0.2, 0.25) is 0 Å². The molecule has 7 rings (SSSR count). The van der Waals surface area contributed by atoms with Crippen LogP contribution in [0.25, 0.3) is 50.2 Å². The van der Waals surface area contributed by atoms with Crippen molar-refractivity contribution >= 4 is 67.8 Å². The Hall–Kier alpha value is -4.58. The highest BCUT2D eigenvalue weighted by Crippen LogP contribution is 2.52. The van der Waals surface area contributed by atoms with Gasteiger partial charge in [-0.2, -0.15) is 21.0 Å². The highest BCUT2D eigenvalue weighted by molar-refractivity contribution is 7.30. The Morgan fingerprint density at radius 2 is 0.698 bits per heavy atom. The van der Waals surface area contributed by atoms with Gasteiger partial charge in [0.05, 0.1) is 0 Å². The maximum Gasteiger partial charge on any atom is 0.132 e. The van der Waals surface area contributed by atoms with Crippen LogP contribution in [-0.2, 0) is 25.7 Å². The van der Waals surface area contributed by atoms with Crippen molar-refractivity contribution in [3.63, 3.8) is 0 Å². The smallest absolute Gasteiger partial charge is 0.132 e. The molecule has 0 N–H and O–H groups in total. The fourth-order valence-corrected chi connectivity index (χ4v) is 15.3.